The van der Waals surface area contributed by atoms with Crippen LogP contribution < -0.4 is 10.6 Å². The molecule has 9 heteroatoms. The fraction of sp³-hybridized carbons (Fsp3) is 0.205. The lowest BCUT2D eigenvalue weighted by Gasteiger charge is -2.18. The second kappa shape index (κ2) is 14.9. The quantitative estimate of drug-likeness (QED) is 0.157. The standard InChI is InChI=1S/C39H36Cl2N4O3/c1-26(31-20-37(46)44(24-31)22-29-4-12-33(40)13-5-29)42-35-16-8-27(9-17-35)2-3-28-10-18-36(19-11-28)43-39(48)32-21-38(47)45(25-32)23-30-6-14-34(41)15-7-30/h2-19,31-32,42H,1,20-25H2,(H,43,48)/b3-2+. The van der Waals surface area contributed by atoms with Gasteiger partial charge in [0.2, 0.25) is 17.7 Å². The number of likely N-dealkylation sites (tertiary alicyclic amines) is 2. The zero-order valence-electron chi connectivity index (χ0n) is 26.4. The second-order valence-corrected chi connectivity index (χ2v) is 13.2. The Hall–Kier alpha value is -4.85. The molecule has 0 aromatic heterocycles. The van der Waals surface area contributed by atoms with Crippen molar-refractivity contribution in [2.45, 2.75) is 25.9 Å². The molecule has 2 heterocycles. The Morgan fingerprint density at radius 3 is 1.54 bits per heavy atom. The molecule has 6 rings (SSSR count). The van der Waals surface area contributed by atoms with Crippen LogP contribution in [-0.2, 0) is 27.5 Å². The number of carbonyl (C=O) groups is 3. The van der Waals surface area contributed by atoms with Crippen LogP contribution in [-0.4, -0.2) is 40.6 Å². The lowest BCUT2D eigenvalue weighted by molar-refractivity contribution is -0.129. The average molecular weight is 680 g/mol. The molecule has 2 unspecified atom stereocenters. The number of rotatable bonds is 11. The fourth-order valence-electron chi connectivity index (χ4n) is 5.96. The summed E-state index contributed by atoms with van der Waals surface area (Å²) >= 11 is 12.0. The third-order valence-corrected chi connectivity index (χ3v) is 9.23. The van der Waals surface area contributed by atoms with Gasteiger partial charge in [-0.15, -0.1) is 0 Å². The van der Waals surface area contributed by atoms with Crippen molar-refractivity contribution in [3.05, 3.63) is 142 Å². The molecule has 2 atom stereocenters. The van der Waals surface area contributed by atoms with E-state index >= 15 is 0 Å². The molecule has 3 amide bonds. The van der Waals surface area contributed by atoms with Gasteiger partial charge in [0, 0.05) is 72.1 Å². The van der Waals surface area contributed by atoms with Gasteiger partial charge in [0.25, 0.3) is 0 Å². The zero-order valence-corrected chi connectivity index (χ0v) is 27.9. The van der Waals surface area contributed by atoms with E-state index in [2.05, 4.69) is 17.2 Å². The number of carbonyl (C=O) groups excluding carboxylic acids is 3. The van der Waals surface area contributed by atoms with Gasteiger partial charge in [-0.05, 0) is 70.8 Å². The van der Waals surface area contributed by atoms with Gasteiger partial charge in [0.1, 0.15) is 0 Å². The number of nitrogens with zero attached hydrogens (tertiary/aromatic N) is 2. The van der Waals surface area contributed by atoms with Crippen LogP contribution in [0.15, 0.2) is 109 Å². The summed E-state index contributed by atoms with van der Waals surface area (Å²) in [6.07, 6.45) is 4.67. The van der Waals surface area contributed by atoms with Crippen molar-refractivity contribution in [2.24, 2.45) is 11.8 Å². The summed E-state index contributed by atoms with van der Waals surface area (Å²) in [4.78, 5) is 41.7. The SMILES string of the molecule is C=C(Nc1ccc(/C=C/c2ccc(NC(=O)C3CC(=O)N(Cc4ccc(Cl)cc4)C3)cc2)cc1)C1CC(=O)N(Cc2ccc(Cl)cc2)C1. The van der Waals surface area contributed by atoms with E-state index in [1.54, 1.807) is 17.0 Å². The maximum absolute atomic E-state index is 12.9. The van der Waals surface area contributed by atoms with E-state index in [-0.39, 0.29) is 30.1 Å². The van der Waals surface area contributed by atoms with Crippen molar-refractivity contribution >= 4 is 64.5 Å². The molecular formula is C39H36Cl2N4O3. The lowest BCUT2D eigenvalue weighted by Crippen LogP contribution is -2.28. The molecule has 0 spiro atoms. The third kappa shape index (κ3) is 8.54. The number of benzene rings is 4. The first-order valence-electron chi connectivity index (χ1n) is 15.9. The van der Waals surface area contributed by atoms with Crippen LogP contribution in [0.4, 0.5) is 11.4 Å². The van der Waals surface area contributed by atoms with Crippen LogP contribution in [0.1, 0.15) is 35.1 Å². The van der Waals surface area contributed by atoms with E-state index < -0.39 is 5.92 Å². The van der Waals surface area contributed by atoms with E-state index in [9.17, 15) is 14.4 Å². The predicted molar refractivity (Wildman–Crippen MR) is 193 cm³/mol. The predicted octanol–water partition coefficient (Wildman–Crippen LogP) is 8.13. The topological polar surface area (TPSA) is 81.7 Å². The Bertz CT molecular complexity index is 1690. The van der Waals surface area contributed by atoms with Gasteiger partial charge in [-0.25, -0.2) is 0 Å². The highest BCUT2D eigenvalue weighted by atomic mass is 35.5. The number of amides is 3. The first-order chi connectivity index (χ1) is 23.2. The first kappa shape index (κ1) is 33.1. The molecule has 0 saturated carbocycles. The number of hydrogen-bond acceptors (Lipinski definition) is 4. The smallest absolute Gasteiger partial charge is 0.229 e. The minimum Gasteiger partial charge on any atom is -0.359 e. The molecule has 0 bridgehead atoms. The van der Waals surface area contributed by atoms with Crippen molar-refractivity contribution in [3.63, 3.8) is 0 Å². The van der Waals surface area contributed by atoms with Crippen molar-refractivity contribution in [2.75, 3.05) is 23.7 Å². The number of anilines is 2. The normalized spacial score (nSPS) is 17.7. The van der Waals surface area contributed by atoms with E-state index in [4.69, 9.17) is 23.2 Å². The van der Waals surface area contributed by atoms with Crippen LogP contribution in [0.5, 0.6) is 0 Å². The molecule has 4 aromatic rings. The minimum absolute atomic E-state index is 0.0258. The molecule has 2 saturated heterocycles. The van der Waals surface area contributed by atoms with Gasteiger partial charge in [0.05, 0.1) is 5.92 Å². The third-order valence-electron chi connectivity index (χ3n) is 8.73. The largest absolute Gasteiger partial charge is 0.359 e. The number of nitrogens with one attached hydrogen (secondary N) is 2. The van der Waals surface area contributed by atoms with Crippen LogP contribution in [0, 0.1) is 11.8 Å². The highest BCUT2D eigenvalue weighted by Gasteiger charge is 2.34. The average Bonchev–Trinajstić information content (AvgIpc) is 3.64. The molecule has 4 aromatic carbocycles. The van der Waals surface area contributed by atoms with Gasteiger partial charge in [0.15, 0.2) is 0 Å². The molecule has 2 aliphatic rings. The summed E-state index contributed by atoms with van der Waals surface area (Å²) in [5.74, 6) is -0.419. The van der Waals surface area contributed by atoms with E-state index in [1.165, 1.54) is 0 Å². The minimum atomic E-state index is -0.394. The molecule has 2 N–H and O–H groups in total. The number of halogens is 2. The lowest BCUT2D eigenvalue weighted by atomic mass is 10.1. The molecule has 0 aliphatic carbocycles. The van der Waals surface area contributed by atoms with Crippen molar-refractivity contribution in [1.29, 1.82) is 0 Å². The van der Waals surface area contributed by atoms with Crippen LogP contribution >= 0.6 is 23.2 Å². The van der Waals surface area contributed by atoms with Crippen LogP contribution in [0.3, 0.4) is 0 Å². The molecule has 7 nitrogen and oxygen atoms in total. The zero-order chi connectivity index (χ0) is 33.6. The van der Waals surface area contributed by atoms with Gasteiger partial charge >= 0.3 is 0 Å². The molecule has 2 aliphatic heterocycles. The summed E-state index contributed by atoms with van der Waals surface area (Å²) in [6.45, 7) is 6.26. The van der Waals surface area contributed by atoms with Crippen molar-refractivity contribution < 1.29 is 14.4 Å². The summed E-state index contributed by atoms with van der Waals surface area (Å²) in [5, 5.41) is 7.67. The maximum atomic E-state index is 12.9. The molecule has 48 heavy (non-hydrogen) atoms. The Labute approximate surface area is 290 Å². The Morgan fingerprint density at radius 2 is 1.06 bits per heavy atom. The maximum Gasteiger partial charge on any atom is 0.229 e. The van der Waals surface area contributed by atoms with Crippen molar-refractivity contribution in [3.8, 4) is 0 Å². The Morgan fingerprint density at radius 1 is 0.646 bits per heavy atom. The second-order valence-electron chi connectivity index (χ2n) is 12.3. The van der Waals surface area contributed by atoms with Crippen LogP contribution in [0.2, 0.25) is 10.0 Å². The van der Waals surface area contributed by atoms with Gasteiger partial charge in [-0.3, -0.25) is 14.4 Å². The fourth-order valence-corrected chi connectivity index (χ4v) is 6.21. The van der Waals surface area contributed by atoms with Gasteiger partial charge < -0.3 is 20.4 Å². The monoisotopic (exact) mass is 678 g/mol. The van der Waals surface area contributed by atoms with E-state index in [0.29, 0.717) is 48.3 Å². The van der Waals surface area contributed by atoms with Gasteiger partial charge in [-0.1, -0.05) is 90.5 Å². The summed E-state index contributed by atoms with van der Waals surface area (Å²) < 4.78 is 0. The summed E-state index contributed by atoms with van der Waals surface area (Å²) in [6, 6.07) is 30.6. The van der Waals surface area contributed by atoms with E-state index in [0.717, 1.165) is 33.6 Å². The Balaban J connectivity index is 0.957. The Kier molecular flexibility index (Phi) is 10.3. The first-order valence-corrected chi connectivity index (χ1v) is 16.6. The van der Waals surface area contributed by atoms with E-state index in [1.807, 2.05) is 102 Å². The highest BCUT2D eigenvalue weighted by molar-refractivity contribution is 6.30. The number of hydrogen-bond donors (Lipinski definition) is 2. The van der Waals surface area contributed by atoms with Crippen molar-refractivity contribution in [1.82, 2.24) is 9.80 Å². The molecular weight excluding hydrogens is 643 g/mol. The highest BCUT2D eigenvalue weighted by Crippen LogP contribution is 2.28. The molecule has 0 radical (unpaired) electrons. The van der Waals surface area contributed by atoms with Crippen LogP contribution in [0.25, 0.3) is 12.2 Å². The summed E-state index contributed by atoms with van der Waals surface area (Å²) in [5.41, 5.74) is 6.48. The summed E-state index contributed by atoms with van der Waals surface area (Å²) in [7, 11) is 0. The molecule has 244 valence electrons. The van der Waals surface area contributed by atoms with Gasteiger partial charge in [-0.2, -0.15) is 0 Å². The molecule has 2 fully saturated rings.